The molecule has 3 heterocycles. The van der Waals surface area contributed by atoms with Crippen LogP contribution in [0.1, 0.15) is 24.6 Å². The van der Waals surface area contributed by atoms with Gasteiger partial charge >= 0.3 is 0 Å². The molecule has 1 aromatic heterocycles. The summed E-state index contributed by atoms with van der Waals surface area (Å²) in [5.74, 6) is 2.35. The number of nitrogens with zero attached hydrogens (tertiary/aromatic N) is 3. The second-order valence-corrected chi connectivity index (χ2v) is 6.56. The first kappa shape index (κ1) is 15.4. The Morgan fingerprint density at radius 3 is 3.09 bits per heavy atom. The zero-order valence-corrected chi connectivity index (χ0v) is 13.7. The number of thioether (sulfide) groups is 1. The van der Waals surface area contributed by atoms with Crippen LogP contribution in [0.3, 0.4) is 0 Å². The van der Waals surface area contributed by atoms with Crippen LogP contribution in [0.4, 0.5) is 5.82 Å². The van der Waals surface area contributed by atoms with Crippen molar-refractivity contribution in [1.29, 1.82) is 0 Å². The first-order valence-corrected chi connectivity index (χ1v) is 8.69. The molecule has 0 spiro atoms. The quantitative estimate of drug-likeness (QED) is 0.834. The van der Waals surface area contributed by atoms with E-state index >= 15 is 0 Å². The molecule has 8 heteroatoms. The lowest BCUT2D eigenvalue weighted by Gasteiger charge is -2.33. The van der Waals surface area contributed by atoms with Gasteiger partial charge in [-0.05, 0) is 6.54 Å². The van der Waals surface area contributed by atoms with E-state index in [9.17, 15) is 9.59 Å². The topological polar surface area (TPSA) is 79.3 Å². The van der Waals surface area contributed by atoms with Crippen LogP contribution >= 0.6 is 11.8 Å². The van der Waals surface area contributed by atoms with Crippen molar-refractivity contribution in [2.45, 2.75) is 30.9 Å². The van der Waals surface area contributed by atoms with E-state index in [2.05, 4.69) is 15.7 Å². The number of likely N-dealkylation sites (N-methyl/N-ethyl adjacent to an activating group) is 1. The zero-order valence-electron chi connectivity index (χ0n) is 12.9. The Balaban J connectivity index is 1.68. The molecule has 2 N–H and O–H groups in total. The fraction of sp³-hybridized carbons (Fsp3) is 0.643. The van der Waals surface area contributed by atoms with Gasteiger partial charge in [-0.2, -0.15) is 16.9 Å². The first-order chi connectivity index (χ1) is 10.6. The number of anilines is 1. The summed E-state index contributed by atoms with van der Waals surface area (Å²) in [6, 6.07) is -0.380. The molecule has 1 aromatic rings. The van der Waals surface area contributed by atoms with Gasteiger partial charge in [0.1, 0.15) is 5.82 Å². The van der Waals surface area contributed by atoms with Crippen LogP contribution in [0.15, 0.2) is 0 Å². The van der Waals surface area contributed by atoms with Crippen molar-refractivity contribution in [3.63, 3.8) is 0 Å². The largest absolute Gasteiger partial charge is 0.353 e. The molecule has 1 atom stereocenters. The van der Waals surface area contributed by atoms with Gasteiger partial charge in [0.15, 0.2) is 0 Å². The Kier molecular flexibility index (Phi) is 4.39. The Hall–Kier alpha value is -1.54. The summed E-state index contributed by atoms with van der Waals surface area (Å²) in [4.78, 5) is 26.4. The van der Waals surface area contributed by atoms with Gasteiger partial charge in [-0.3, -0.25) is 19.2 Å². The molecule has 2 amide bonds. The molecule has 1 fully saturated rings. The maximum atomic E-state index is 12.4. The van der Waals surface area contributed by atoms with Crippen molar-refractivity contribution >= 4 is 29.4 Å². The van der Waals surface area contributed by atoms with Gasteiger partial charge in [-0.1, -0.05) is 6.92 Å². The molecular weight excluding hydrogens is 302 g/mol. The Morgan fingerprint density at radius 1 is 1.50 bits per heavy atom. The number of carbonyl (C=O) groups is 2. The van der Waals surface area contributed by atoms with E-state index in [4.69, 9.17) is 0 Å². The van der Waals surface area contributed by atoms with Crippen molar-refractivity contribution in [2.75, 3.05) is 25.0 Å². The number of carbonyl (C=O) groups excluding carboxylic acids is 2. The van der Waals surface area contributed by atoms with Crippen molar-refractivity contribution in [3.05, 3.63) is 11.3 Å². The summed E-state index contributed by atoms with van der Waals surface area (Å²) in [6.45, 7) is 4.22. The predicted octanol–water partition coefficient (Wildman–Crippen LogP) is 0.316. The van der Waals surface area contributed by atoms with Crippen LogP contribution in [0.2, 0.25) is 0 Å². The van der Waals surface area contributed by atoms with Crippen molar-refractivity contribution < 1.29 is 9.59 Å². The number of hydrogen-bond acceptors (Lipinski definition) is 5. The number of piperazine rings is 1. The number of rotatable bonds is 4. The highest BCUT2D eigenvalue weighted by Gasteiger charge is 2.31. The van der Waals surface area contributed by atoms with Crippen LogP contribution in [0, 0.1) is 0 Å². The van der Waals surface area contributed by atoms with Crippen LogP contribution < -0.4 is 10.6 Å². The van der Waals surface area contributed by atoms with E-state index in [0.29, 0.717) is 6.54 Å². The second kappa shape index (κ2) is 6.29. The molecule has 7 nitrogen and oxygen atoms in total. The molecule has 2 aliphatic heterocycles. The zero-order chi connectivity index (χ0) is 15.7. The van der Waals surface area contributed by atoms with Gasteiger partial charge in [-0.15, -0.1) is 0 Å². The lowest BCUT2D eigenvalue weighted by Crippen LogP contribution is -2.56. The minimum Gasteiger partial charge on any atom is -0.353 e. The number of fused-ring (bicyclic) bond motifs is 1. The third-order valence-corrected chi connectivity index (χ3v) is 5.17. The first-order valence-electron chi connectivity index (χ1n) is 7.54. The standard InChI is InChI=1S/C14H21N5O2S/c1-3-19-5-4-15-14(21)11(19)6-12(20)16-13-9-7-22-8-10(9)17-18(13)2/h11H,3-8H2,1-2H3,(H,15,21)(H,16,20). The third-order valence-electron chi connectivity index (χ3n) is 4.20. The van der Waals surface area contributed by atoms with E-state index in [1.807, 2.05) is 18.9 Å². The van der Waals surface area contributed by atoms with E-state index < -0.39 is 0 Å². The smallest absolute Gasteiger partial charge is 0.237 e. The number of amides is 2. The average molecular weight is 323 g/mol. The Bertz CT molecular complexity index is 600. The summed E-state index contributed by atoms with van der Waals surface area (Å²) in [6.07, 6.45) is 0.173. The fourth-order valence-corrected chi connectivity index (χ4v) is 4.05. The molecule has 0 aliphatic carbocycles. The number of hydrogen-bond donors (Lipinski definition) is 2. The van der Waals surface area contributed by atoms with E-state index in [1.165, 1.54) is 0 Å². The second-order valence-electron chi connectivity index (χ2n) is 5.58. The van der Waals surface area contributed by atoms with Gasteiger partial charge in [0.25, 0.3) is 0 Å². The molecule has 0 saturated carbocycles. The molecule has 0 aromatic carbocycles. The monoisotopic (exact) mass is 323 g/mol. The highest BCUT2D eigenvalue weighted by molar-refractivity contribution is 7.98. The normalized spacial score (nSPS) is 21.5. The van der Waals surface area contributed by atoms with Crippen LogP contribution in [-0.2, 0) is 28.1 Å². The Labute approximate surface area is 133 Å². The lowest BCUT2D eigenvalue weighted by atomic mass is 10.1. The third kappa shape index (κ3) is 2.85. The fourth-order valence-electron chi connectivity index (χ4n) is 3.02. The summed E-state index contributed by atoms with van der Waals surface area (Å²) in [7, 11) is 1.84. The van der Waals surface area contributed by atoms with Crippen molar-refractivity contribution in [3.8, 4) is 0 Å². The highest BCUT2D eigenvalue weighted by Crippen LogP contribution is 2.34. The van der Waals surface area contributed by atoms with Gasteiger partial charge < -0.3 is 10.6 Å². The maximum absolute atomic E-state index is 12.4. The molecule has 1 saturated heterocycles. The number of aromatic nitrogens is 2. The molecule has 22 heavy (non-hydrogen) atoms. The highest BCUT2D eigenvalue weighted by atomic mass is 32.2. The molecule has 1 unspecified atom stereocenters. The van der Waals surface area contributed by atoms with E-state index in [1.54, 1.807) is 16.4 Å². The van der Waals surface area contributed by atoms with Gasteiger partial charge in [0.05, 0.1) is 18.2 Å². The summed E-state index contributed by atoms with van der Waals surface area (Å²) >= 11 is 1.80. The summed E-state index contributed by atoms with van der Waals surface area (Å²) in [5.41, 5.74) is 2.16. The number of aryl methyl sites for hydroxylation is 1. The van der Waals surface area contributed by atoms with Crippen LogP contribution in [-0.4, -0.2) is 52.2 Å². The molecule has 0 bridgehead atoms. The van der Waals surface area contributed by atoms with Crippen molar-refractivity contribution in [1.82, 2.24) is 20.0 Å². The molecule has 2 aliphatic rings. The number of nitrogens with one attached hydrogen (secondary N) is 2. The lowest BCUT2D eigenvalue weighted by molar-refractivity contribution is -0.132. The van der Waals surface area contributed by atoms with Crippen molar-refractivity contribution in [2.24, 2.45) is 7.05 Å². The average Bonchev–Trinajstić information content (AvgIpc) is 3.04. The van der Waals surface area contributed by atoms with Crippen LogP contribution in [0.5, 0.6) is 0 Å². The summed E-state index contributed by atoms with van der Waals surface area (Å²) < 4.78 is 1.72. The maximum Gasteiger partial charge on any atom is 0.237 e. The molecule has 3 rings (SSSR count). The summed E-state index contributed by atoms with van der Waals surface area (Å²) in [5, 5.41) is 10.2. The Morgan fingerprint density at radius 2 is 2.32 bits per heavy atom. The molecule has 120 valence electrons. The molecule has 0 radical (unpaired) electrons. The van der Waals surface area contributed by atoms with Gasteiger partial charge in [0.2, 0.25) is 11.8 Å². The van der Waals surface area contributed by atoms with Gasteiger partial charge in [0, 0.05) is 37.2 Å². The van der Waals surface area contributed by atoms with E-state index in [0.717, 1.165) is 41.7 Å². The predicted molar refractivity (Wildman–Crippen MR) is 85.5 cm³/mol. The van der Waals surface area contributed by atoms with E-state index in [-0.39, 0.29) is 24.3 Å². The minimum atomic E-state index is -0.380. The van der Waals surface area contributed by atoms with Crippen LogP contribution in [0.25, 0.3) is 0 Å². The molecular formula is C14H21N5O2S. The minimum absolute atomic E-state index is 0.0611. The van der Waals surface area contributed by atoms with Gasteiger partial charge in [-0.25, -0.2) is 0 Å². The SMILES string of the molecule is CCN1CCNC(=O)C1CC(=O)Nc1c2c(nn1C)CSC2.